The zero-order valence-corrected chi connectivity index (χ0v) is 46.7. The first-order chi connectivity index (χ1) is 35.0. The fourth-order valence-corrected chi connectivity index (χ4v) is 7.42. The van der Waals surface area contributed by atoms with Gasteiger partial charge in [0.15, 0.2) is 6.10 Å². The van der Waals surface area contributed by atoms with Gasteiger partial charge in [0.1, 0.15) is 19.8 Å². The van der Waals surface area contributed by atoms with Gasteiger partial charge in [0.25, 0.3) is 0 Å². The van der Waals surface area contributed by atoms with Gasteiger partial charge >= 0.3 is 19.8 Å². The van der Waals surface area contributed by atoms with Crippen LogP contribution in [0.4, 0.5) is 0 Å². The molecule has 0 aromatic carbocycles. The van der Waals surface area contributed by atoms with Gasteiger partial charge in [-0.2, -0.15) is 0 Å². The molecule has 0 radical (unpaired) electrons. The number of rotatable bonds is 48. The number of unbranched alkanes of at least 4 members (excludes halogenated alkanes) is 10. The summed E-state index contributed by atoms with van der Waals surface area (Å²) in [4.78, 5) is 35.6. The highest BCUT2D eigenvalue weighted by Crippen LogP contribution is 2.43. The maximum absolute atomic E-state index is 12.8. The van der Waals surface area contributed by atoms with Crippen molar-refractivity contribution in [1.29, 1.82) is 0 Å². The molecule has 0 aromatic rings. The van der Waals surface area contributed by atoms with Crippen molar-refractivity contribution in [3.05, 3.63) is 146 Å². The minimum Gasteiger partial charge on any atom is -0.462 e. The van der Waals surface area contributed by atoms with Crippen LogP contribution in [-0.2, 0) is 32.7 Å². The van der Waals surface area contributed by atoms with Gasteiger partial charge in [0.05, 0.1) is 27.7 Å². The summed E-state index contributed by atoms with van der Waals surface area (Å²) in [5.74, 6) is -0.888. The normalized spacial score (nSPS) is 14.5. The standard InChI is InChI=1S/C62H100NO8P/c1-6-8-10-12-14-16-18-20-22-24-26-28-30-31-33-34-36-38-40-42-44-46-48-50-52-54-61(64)68-58-60(59-70-72(66,67)69-57-56-63(3,4)5)71-62(65)55-53-51-49-47-45-43-41-39-37-35-32-29-27-25-23-21-19-17-15-13-11-9-7-2/h8-11,14-17,20-23,26-29,31,33,35,37,41,43,47,49,60H,6-7,12-13,18-19,24-25,30,32,34,36,38-40,42,44-46,48,50-59H2,1-5H3/p+1/b10-8-,11-9-,16-14-,17-15-,22-20-,23-21-,28-26-,29-27-,33-31-,37-35-,43-41-,49-47-. The Morgan fingerprint density at radius 1 is 0.431 bits per heavy atom. The van der Waals surface area contributed by atoms with E-state index in [0.717, 1.165) is 103 Å². The third-order valence-electron chi connectivity index (χ3n) is 10.9. The van der Waals surface area contributed by atoms with Crippen molar-refractivity contribution in [2.24, 2.45) is 0 Å². The number of carbonyl (C=O) groups excluding carboxylic acids is 2. The van der Waals surface area contributed by atoms with Crippen LogP contribution < -0.4 is 0 Å². The predicted molar refractivity (Wildman–Crippen MR) is 307 cm³/mol. The van der Waals surface area contributed by atoms with Gasteiger partial charge in [0, 0.05) is 12.8 Å². The summed E-state index contributed by atoms with van der Waals surface area (Å²) in [6, 6.07) is 0. The van der Waals surface area contributed by atoms with E-state index in [0.29, 0.717) is 30.3 Å². The topological polar surface area (TPSA) is 108 Å². The summed E-state index contributed by atoms with van der Waals surface area (Å²) in [5, 5.41) is 0. The number of hydrogen-bond acceptors (Lipinski definition) is 7. The molecule has 0 heterocycles. The van der Waals surface area contributed by atoms with E-state index >= 15 is 0 Å². The summed E-state index contributed by atoms with van der Waals surface area (Å²) in [6.07, 6.45) is 76.3. The van der Waals surface area contributed by atoms with E-state index < -0.39 is 32.5 Å². The van der Waals surface area contributed by atoms with Gasteiger partial charge in [-0.1, -0.05) is 205 Å². The van der Waals surface area contributed by atoms with E-state index in [1.807, 2.05) is 27.2 Å². The average molecular weight is 1020 g/mol. The Hall–Kier alpha value is -4.11. The molecule has 2 atom stereocenters. The van der Waals surface area contributed by atoms with Gasteiger partial charge in [0.2, 0.25) is 0 Å². The predicted octanol–water partition coefficient (Wildman–Crippen LogP) is 17.1. The smallest absolute Gasteiger partial charge is 0.462 e. The van der Waals surface area contributed by atoms with Crippen LogP contribution in [0.1, 0.15) is 181 Å². The summed E-state index contributed by atoms with van der Waals surface area (Å²) in [6.45, 7) is 4.10. The molecule has 0 spiro atoms. The number of phosphoric acid groups is 1. The molecule has 1 N–H and O–H groups in total. The molecule has 0 aromatic heterocycles. The third kappa shape index (κ3) is 55.2. The van der Waals surface area contributed by atoms with Gasteiger partial charge < -0.3 is 18.9 Å². The number of hydrogen-bond donors (Lipinski definition) is 1. The summed E-state index contributed by atoms with van der Waals surface area (Å²) < 4.78 is 34.4. The highest BCUT2D eigenvalue weighted by Gasteiger charge is 2.27. The fourth-order valence-electron chi connectivity index (χ4n) is 6.68. The van der Waals surface area contributed by atoms with Crippen LogP contribution in [0.3, 0.4) is 0 Å². The lowest BCUT2D eigenvalue weighted by Gasteiger charge is -2.24. The molecule has 0 rings (SSSR count). The maximum Gasteiger partial charge on any atom is 0.472 e. The second kappa shape index (κ2) is 51.8. The first-order valence-corrected chi connectivity index (χ1v) is 29.1. The van der Waals surface area contributed by atoms with Crippen LogP contribution in [-0.4, -0.2) is 74.9 Å². The largest absolute Gasteiger partial charge is 0.472 e. The van der Waals surface area contributed by atoms with Crippen molar-refractivity contribution < 1.29 is 42.1 Å². The molecule has 0 fully saturated rings. The minimum absolute atomic E-state index is 0.0107. The molecule has 406 valence electrons. The highest BCUT2D eigenvalue weighted by molar-refractivity contribution is 7.47. The van der Waals surface area contributed by atoms with Crippen LogP contribution in [0.25, 0.3) is 0 Å². The number of phosphoric ester groups is 1. The monoisotopic (exact) mass is 1020 g/mol. The van der Waals surface area contributed by atoms with Gasteiger partial charge in [-0.15, -0.1) is 0 Å². The molecule has 0 saturated heterocycles. The second-order valence-electron chi connectivity index (χ2n) is 18.8. The lowest BCUT2D eigenvalue weighted by atomic mass is 10.1. The Balaban J connectivity index is 4.36. The van der Waals surface area contributed by atoms with Crippen molar-refractivity contribution in [2.75, 3.05) is 47.5 Å². The molecule has 0 aliphatic rings. The molecule has 0 aliphatic heterocycles. The van der Waals surface area contributed by atoms with Gasteiger partial charge in [-0.25, -0.2) is 4.57 Å². The van der Waals surface area contributed by atoms with Crippen LogP contribution in [0.15, 0.2) is 146 Å². The molecule has 2 unspecified atom stereocenters. The maximum atomic E-state index is 12.8. The average Bonchev–Trinajstić information content (AvgIpc) is 3.34. The van der Waals surface area contributed by atoms with Gasteiger partial charge in [-0.05, 0) is 109 Å². The lowest BCUT2D eigenvalue weighted by molar-refractivity contribution is -0.870. The number of esters is 2. The van der Waals surface area contributed by atoms with E-state index in [4.69, 9.17) is 18.5 Å². The van der Waals surface area contributed by atoms with Crippen molar-refractivity contribution in [3.8, 4) is 0 Å². The Morgan fingerprint density at radius 2 is 0.764 bits per heavy atom. The Morgan fingerprint density at radius 3 is 1.15 bits per heavy atom. The third-order valence-corrected chi connectivity index (χ3v) is 11.8. The first-order valence-electron chi connectivity index (χ1n) is 27.6. The Bertz CT molecular complexity index is 1720. The molecular weight excluding hydrogens is 918 g/mol. The number of carbonyl (C=O) groups is 2. The quantitative estimate of drug-likeness (QED) is 0.0211. The molecule has 0 aliphatic carbocycles. The van der Waals surface area contributed by atoms with Crippen LogP contribution >= 0.6 is 7.82 Å². The summed E-state index contributed by atoms with van der Waals surface area (Å²) >= 11 is 0. The molecule has 72 heavy (non-hydrogen) atoms. The van der Waals surface area contributed by atoms with Crippen molar-refractivity contribution in [2.45, 2.75) is 187 Å². The number of likely N-dealkylation sites (N-methyl/N-ethyl adjacent to an activating group) is 1. The zero-order chi connectivity index (χ0) is 52.7. The molecule has 10 heteroatoms. The number of allylic oxidation sites excluding steroid dienone is 24. The fraction of sp³-hybridized carbons (Fsp3) is 0.581. The molecule has 9 nitrogen and oxygen atoms in total. The second-order valence-corrected chi connectivity index (χ2v) is 20.3. The van der Waals surface area contributed by atoms with E-state index in [1.54, 1.807) is 0 Å². The Kier molecular flexibility index (Phi) is 48.8. The van der Waals surface area contributed by atoms with Crippen molar-refractivity contribution in [1.82, 2.24) is 0 Å². The number of quaternary nitrogens is 1. The van der Waals surface area contributed by atoms with Crippen LogP contribution in [0, 0.1) is 0 Å². The number of nitrogens with zero attached hydrogens (tertiary/aromatic N) is 1. The molecule has 0 amide bonds. The summed E-state index contributed by atoms with van der Waals surface area (Å²) in [7, 11) is 1.41. The first kappa shape index (κ1) is 67.9. The highest BCUT2D eigenvalue weighted by atomic mass is 31.2. The lowest BCUT2D eigenvalue weighted by Crippen LogP contribution is -2.37. The van der Waals surface area contributed by atoms with Crippen LogP contribution in [0.2, 0.25) is 0 Å². The summed E-state index contributed by atoms with van der Waals surface area (Å²) in [5.41, 5.74) is 0. The Labute approximate surface area is 440 Å². The van der Waals surface area contributed by atoms with E-state index in [1.165, 1.54) is 32.1 Å². The molecular formula is C62H101NO8P+. The molecule has 0 bridgehead atoms. The van der Waals surface area contributed by atoms with Crippen LogP contribution in [0.5, 0.6) is 0 Å². The van der Waals surface area contributed by atoms with E-state index in [-0.39, 0.29) is 26.1 Å². The molecule has 0 saturated carbocycles. The van der Waals surface area contributed by atoms with E-state index in [9.17, 15) is 19.0 Å². The number of ether oxygens (including phenoxy) is 2. The van der Waals surface area contributed by atoms with Crippen molar-refractivity contribution >= 4 is 19.8 Å². The van der Waals surface area contributed by atoms with E-state index in [2.05, 4.69) is 154 Å². The van der Waals surface area contributed by atoms with Gasteiger partial charge in [-0.3, -0.25) is 18.6 Å². The SMILES string of the molecule is CC/C=C\C/C=C\C/C=C\C/C=C\C/C=C\C/C=C\C/C=C\CCCC(=O)OC(COC(=O)CCCCCCCCCCC/C=C\C/C=C\C/C=C\C/C=C\C/C=C\CC)COP(=O)(O)OCC[N+](C)(C)C. The van der Waals surface area contributed by atoms with Crippen molar-refractivity contribution in [3.63, 3.8) is 0 Å². The minimum atomic E-state index is -4.41. The zero-order valence-electron chi connectivity index (χ0n) is 45.8.